The largest absolute Gasteiger partial charge is 0.347 e. The zero-order valence-corrected chi connectivity index (χ0v) is 13.6. The maximum Gasteiger partial charge on any atom is 0.261 e. The molecule has 0 fully saturated rings. The minimum Gasteiger partial charge on any atom is -0.347 e. The van der Waals surface area contributed by atoms with E-state index in [4.69, 9.17) is 5.73 Å². The van der Waals surface area contributed by atoms with Crippen molar-refractivity contribution in [3.8, 4) is 0 Å². The molecule has 0 aliphatic carbocycles. The van der Waals surface area contributed by atoms with Crippen molar-refractivity contribution in [1.82, 2.24) is 5.32 Å². The normalized spacial score (nSPS) is 12.5. The number of carbonyl (C=O) groups is 1. The molecular formula is C11H16Br2N2OS. The second kappa shape index (κ2) is 7.51. The summed E-state index contributed by atoms with van der Waals surface area (Å²) in [5, 5.41) is 2.96. The average molecular weight is 384 g/mol. The summed E-state index contributed by atoms with van der Waals surface area (Å²) in [7, 11) is 0. The third-order valence-corrected chi connectivity index (χ3v) is 5.65. The fourth-order valence-corrected chi connectivity index (χ4v) is 3.35. The number of thiophene rings is 1. The van der Waals surface area contributed by atoms with Crippen LogP contribution in [0.15, 0.2) is 14.3 Å². The van der Waals surface area contributed by atoms with Crippen LogP contribution in [0.25, 0.3) is 0 Å². The Morgan fingerprint density at radius 3 is 2.76 bits per heavy atom. The highest BCUT2D eigenvalue weighted by Crippen LogP contribution is 2.32. The van der Waals surface area contributed by atoms with Crippen LogP contribution < -0.4 is 11.1 Å². The van der Waals surface area contributed by atoms with Crippen LogP contribution in [0.5, 0.6) is 0 Å². The van der Waals surface area contributed by atoms with Crippen LogP contribution in [0.3, 0.4) is 0 Å². The highest BCUT2D eigenvalue weighted by molar-refractivity contribution is 9.13. The van der Waals surface area contributed by atoms with Gasteiger partial charge in [0.05, 0.1) is 8.66 Å². The van der Waals surface area contributed by atoms with Crippen LogP contribution in [0.4, 0.5) is 0 Å². The molecule has 6 heteroatoms. The minimum absolute atomic E-state index is 0.0482. The van der Waals surface area contributed by atoms with Crippen LogP contribution in [0.2, 0.25) is 0 Å². The molecule has 1 atom stereocenters. The molecular weight excluding hydrogens is 368 g/mol. The Bertz CT molecular complexity index is 362. The smallest absolute Gasteiger partial charge is 0.261 e. The van der Waals surface area contributed by atoms with E-state index in [9.17, 15) is 4.79 Å². The Labute approximate surface area is 122 Å². The Hall–Kier alpha value is 0.0900. The van der Waals surface area contributed by atoms with Crippen molar-refractivity contribution in [2.75, 3.05) is 6.54 Å². The van der Waals surface area contributed by atoms with Gasteiger partial charge in [0.2, 0.25) is 0 Å². The van der Waals surface area contributed by atoms with Crippen LogP contribution in [-0.4, -0.2) is 18.5 Å². The molecule has 0 radical (unpaired) electrons. The number of nitrogens with two attached hydrogens (primary N) is 1. The molecule has 1 rings (SSSR count). The highest BCUT2D eigenvalue weighted by Gasteiger charge is 2.15. The lowest BCUT2D eigenvalue weighted by Gasteiger charge is -2.15. The van der Waals surface area contributed by atoms with Gasteiger partial charge in [-0.05, 0) is 44.3 Å². The van der Waals surface area contributed by atoms with Gasteiger partial charge in [-0.25, -0.2) is 0 Å². The molecule has 0 aliphatic heterocycles. The van der Waals surface area contributed by atoms with Crippen molar-refractivity contribution in [2.24, 2.45) is 5.73 Å². The molecule has 3 nitrogen and oxygen atoms in total. The number of hydrogen-bond acceptors (Lipinski definition) is 3. The minimum atomic E-state index is -0.0482. The third kappa shape index (κ3) is 4.69. The molecule has 1 aromatic heterocycles. The van der Waals surface area contributed by atoms with Crippen molar-refractivity contribution >= 4 is 49.1 Å². The van der Waals surface area contributed by atoms with Gasteiger partial charge in [-0.15, -0.1) is 11.3 Å². The van der Waals surface area contributed by atoms with Gasteiger partial charge in [-0.3, -0.25) is 4.79 Å². The average Bonchev–Trinajstić information content (AvgIpc) is 2.65. The number of rotatable bonds is 6. The summed E-state index contributed by atoms with van der Waals surface area (Å²) >= 11 is 8.16. The Morgan fingerprint density at radius 2 is 2.29 bits per heavy atom. The van der Waals surface area contributed by atoms with E-state index in [0.29, 0.717) is 11.4 Å². The van der Waals surface area contributed by atoms with Gasteiger partial charge in [0.15, 0.2) is 0 Å². The quantitative estimate of drug-likeness (QED) is 0.789. The van der Waals surface area contributed by atoms with E-state index in [1.165, 1.54) is 11.3 Å². The van der Waals surface area contributed by atoms with Gasteiger partial charge in [-0.1, -0.05) is 19.8 Å². The van der Waals surface area contributed by atoms with Crippen LogP contribution >= 0.6 is 43.2 Å². The summed E-state index contributed by atoms with van der Waals surface area (Å²) in [6.07, 6.45) is 3.13. The lowest BCUT2D eigenvalue weighted by Crippen LogP contribution is -2.39. The summed E-state index contributed by atoms with van der Waals surface area (Å²) in [5.74, 6) is -0.0482. The molecule has 0 saturated heterocycles. The Balaban J connectivity index is 2.58. The van der Waals surface area contributed by atoms with E-state index < -0.39 is 0 Å². The third-order valence-electron chi connectivity index (χ3n) is 2.39. The molecule has 0 saturated carbocycles. The fraction of sp³-hybridized carbons (Fsp3) is 0.545. The highest BCUT2D eigenvalue weighted by atomic mass is 79.9. The second-order valence-electron chi connectivity index (χ2n) is 3.78. The molecule has 1 heterocycles. The van der Waals surface area contributed by atoms with E-state index in [2.05, 4.69) is 44.1 Å². The molecule has 3 N–H and O–H groups in total. The van der Waals surface area contributed by atoms with Crippen molar-refractivity contribution < 1.29 is 4.79 Å². The summed E-state index contributed by atoms with van der Waals surface area (Å²) < 4.78 is 1.84. The van der Waals surface area contributed by atoms with Crippen molar-refractivity contribution in [2.45, 2.75) is 32.2 Å². The van der Waals surface area contributed by atoms with Gasteiger partial charge >= 0.3 is 0 Å². The van der Waals surface area contributed by atoms with Gasteiger partial charge in [0.25, 0.3) is 5.91 Å². The molecule has 0 aromatic carbocycles. The topological polar surface area (TPSA) is 55.1 Å². The number of carbonyl (C=O) groups excluding carboxylic acids is 1. The molecule has 17 heavy (non-hydrogen) atoms. The first-order valence-electron chi connectivity index (χ1n) is 5.54. The fourth-order valence-electron chi connectivity index (χ4n) is 1.41. The number of halogens is 2. The maximum atomic E-state index is 11.9. The summed E-state index contributed by atoms with van der Waals surface area (Å²) in [4.78, 5) is 12.6. The standard InChI is InChI=1S/C11H16Br2N2OS/c1-2-3-4-7(6-14)15-11(16)9-5-8(12)10(13)17-9/h5,7H,2-4,6,14H2,1H3,(H,15,16). The molecule has 0 bridgehead atoms. The van der Waals surface area contributed by atoms with Crippen LogP contribution in [0, 0.1) is 0 Å². The maximum absolute atomic E-state index is 11.9. The van der Waals surface area contributed by atoms with Crippen LogP contribution in [0.1, 0.15) is 35.9 Å². The van der Waals surface area contributed by atoms with E-state index in [0.717, 1.165) is 27.5 Å². The zero-order valence-electron chi connectivity index (χ0n) is 9.63. The van der Waals surface area contributed by atoms with Gasteiger partial charge in [0.1, 0.15) is 0 Å². The molecule has 1 unspecified atom stereocenters. The first-order valence-corrected chi connectivity index (χ1v) is 7.94. The predicted molar refractivity (Wildman–Crippen MR) is 79.6 cm³/mol. The van der Waals surface area contributed by atoms with Gasteiger partial charge in [0, 0.05) is 17.1 Å². The van der Waals surface area contributed by atoms with Gasteiger partial charge in [-0.2, -0.15) is 0 Å². The Morgan fingerprint density at radius 1 is 1.59 bits per heavy atom. The number of nitrogens with one attached hydrogen (secondary N) is 1. The van der Waals surface area contributed by atoms with Crippen molar-refractivity contribution in [3.63, 3.8) is 0 Å². The van der Waals surface area contributed by atoms with Crippen LogP contribution in [-0.2, 0) is 0 Å². The predicted octanol–water partition coefficient (Wildman–Crippen LogP) is 3.52. The van der Waals surface area contributed by atoms with E-state index in [1.807, 2.05) is 6.07 Å². The molecule has 0 aliphatic rings. The first kappa shape index (κ1) is 15.1. The number of unbranched alkanes of at least 4 members (excludes halogenated alkanes) is 1. The van der Waals surface area contributed by atoms with E-state index in [1.54, 1.807) is 0 Å². The molecule has 0 spiro atoms. The molecule has 1 aromatic rings. The zero-order chi connectivity index (χ0) is 12.8. The summed E-state index contributed by atoms with van der Waals surface area (Å²) in [6, 6.07) is 1.89. The lowest BCUT2D eigenvalue weighted by molar-refractivity contribution is 0.0940. The Kier molecular flexibility index (Phi) is 6.69. The monoisotopic (exact) mass is 382 g/mol. The number of hydrogen-bond donors (Lipinski definition) is 2. The van der Waals surface area contributed by atoms with Crippen molar-refractivity contribution in [3.05, 3.63) is 19.2 Å². The van der Waals surface area contributed by atoms with Gasteiger partial charge < -0.3 is 11.1 Å². The van der Waals surface area contributed by atoms with E-state index >= 15 is 0 Å². The number of amides is 1. The summed E-state index contributed by atoms with van der Waals surface area (Å²) in [5.41, 5.74) is 5.65. The second-order valence-corrected chi connectivity index (χ2v) is 7.01. The molecule has 1 amide bonds. The van der Waals surface area contributed by atoms with E-state index in [-0.39, 0.29) is 11.9 Å². The lowest BCUT2D eigenvalue weighted by atomic mass is 10.1. The summed E-state index contributed by atoms with van der Waals surface area (Å²) in [6.45, 7) is 2.61. The SMILES string of the molecule is CCCCC(CN)NC(=O)c1cc(Br)c(Br)s1. The molecule has 96 valence electrons. The van der Waals surface area contributed by atoms with Crippen molar-refractivity contribution in [1.29, 1.82) is 0 Å². The first-order chi connectivity index (χ1) is 8.08.